The molecule has 24 heavy (non-hydrogen) atoms. The number of benzene rings is 1. The van der Waals surface area contributed by atoms with Gasteiger partial charge >= 0.3 is 0 Å². The van der Waals surface area contributed by atoms with Crippen LogP contribution in [-0.2, 0) is 4.79 Å². The van der Waals surface area contributed by atoms with E-state index in [4.69, 9.17) is 11.6 Å². The fraction of sp³-hybridized carbons (Fsp3) is 0.357. The van der Waals surface area contributed by atoms with Gasteiger partial charge in [0.1, 0.15) is 11.5 Å². The van der Waals surface area contributed by atoms with E-state index < -0.39 is 4.92 Å². The molecule has 3 rings (SSSR count). The minimum Gasteiger partial charge on any atom is -0.320 e. The smallest absolute Gasteiger partial charge is 0.292 e. The van der Waals surface area contributed by atoms with Crippen LogP contribution in [0.1, 0.15) is 24.7 Å². The first-order chi connectivity index (χ1) is 11.5. The first-order valence-electron chi connectivity index (χ1n) is 7.24. The highest BCUT2D eigenvalue weighted by atomic mass is 35.5. The largest absolute Gasteiger partial charge is 0.320 e. The molecule has 0 radical (unpaired) electrons. The summed E-state index contributed by atoms with van der Waals surface area (Å²) >= 11 is 7.10. The third kappa shape index (κ3) is 3.68. The Morgan fingerprint density at radius 2 is 2.25 bits per heavy atom. The average Bonchev–Trinajstić information content (AvgIpc) is 3.28. The number of halogens is 1. The van der Waals surface area contributed by atoms with Gasteiger partial charge in [0.05, 0.1) is 10.7 Å². The molecule has 1 heterocycles. The number of nitrogens with one attached hydrogen (secondary N) is 1. The molecule has 1 aromatic heterocycles. The molecule has 2 aromatic rings. The number of nitro benzene ring substituents is 1. The number of carbonyl (C=O) groups excluding carboxylic acids is 1. The van der Waals surface area contributed by atoms with Crippen LogP contribution in [0.3, 0.4) is 0 Å². The zero-order chi connectivity index (χ0) is 17.3. The average molecular weight is 368 g/mol. The number of hydrogen-bond acceptors (Lipinski definition) is 6. The third-order valence-electron chi connectivity index (χ3n) is 3.51. The van der Waals surface area contributed by atoms with Crippen molar-refractivity contribution in [3.63, 3.8) is 0 Å². The number of nitro groups is 1. The maximum atomic E-state index is 12.1. The third-order valence-corrected chi connectivity index (χ3v) is 4.69. The molecule has 1 aliphatic rings. The molecule has 1 N–H and O–H groups in total. The molecule has 0 aliphatic heterocycles. The summed E-state index contributed by atoms with van der Waals surface area (Å²) in [5, 5.41) is 22.7. The molecule has 10 heteroatoms. The number of amides is 1. The highest BCUT2D eigenvalue weighted by molar-refractivity contribution is 7.99. The van der Waals surface area contributed by atoms with Crippen LogP contribution in [0.2, 0.25) is 5.02 Å². The van der Waals surface area contributed by atoms with Crippen LogP contribution in [0, 0.1) is 17.0 Å². The molecule has 0 unspecified atom stereocenters. The van der Waals surface area contributed by atoms with Gasteiger partial charge in [-0.05, 0) is 31.9 Å². The second-order valence-electron chi connectivity index (χ2n) is 5.39. The van der Waals surface area contributed by atoms with Gasteiger partial charge in [-0.3, -0.25) is 14.9 Å². The molecule has 1 aliphatic carbocycles. The van der Waals surface area contributed by atoms with Crippen molar-refractivity contribution in [2.24, 2.45) is 0 Å². The van der Waals surface area contributed by atoms with Crippen molar-refractivity contribution in [3.8, 4) is 0 Å². The predicted octanol–water partition coefficient (Wildman–Crippen LogP) is 3.21. The molecule has 1 saturated carbocycles. The Morgan fingerprint density at radius 3 is 2.92 bits per heavy atom. The Bertz CT molecular complexity index is 806. The summed E-state index contributed by atoms with van der Waals surface area (Å²) in [5.41, 5.74) is -0.118. The van der Waals surface area contributed by atoms with Gasteiger partial charge < -0.3 is 9.88 Å². The van der Waals surface area contributed by atoms with Crippen LogP contribution in [0.25, 0.3) is 0 Å². The van der Waals surface area contributed by atoms with Crippen LogP contribution >= 0.6 is 23.4 Å². The zero-order valence-corrected chi connectivity index (χ0v) is 14.3. The lowest BCUT2D eigenvalue weighted by Crippen LogP contribution is -2.15. The molecule has 0 saturated heterocycles. The number of aryl methyl sites for hydroxylation is 1. The van der Waals surface area contributed by atoms with Crippen molar-refractivity contribution >= 4 is 40.6 Å². The molecule has 1 aromatic carbocycles. The van der Waals surface area contributed by atoms with Crippen LogP contribution in [-0.4, -0.2) is 31.3 Å². The maximum absolute atomic E-state index is 12.1. The van der Waals surface area contributed by atoms with Crippen molar-refractivity contribution in [3.05, 3.63) is 39.2 Å². The van der Waals surface area contributed by atoms with Gasteiger partial charge in [0.2, 0.25) is 5.91 Å². The number of anilines is 1. The highest BCUT2D eigenvalue weighted by Gasteiger charge is 2.28. The van der Waals surface area contributed by atoms with E-state index in [2.05, 4.69) is 15.5 Å². The summed E-state index contributed by atoms with van der Waals surface area (Å²) in [4.78, 5) is 22.6. The number of rotatable bonds is 6. The quantitative estimate of drug-likeness (QED) is 0.477. The van der Waals surface area contributed by atoms with Crippen molar-refractivity contribution in [2.75, 3.05) is 11.1 Å². The zero-order valence-electron chi connectivity index (χ0n) is 12.7. The predicted molar refractivity (Wildman–Crippen MR) is 90.5 cm³/mol. The Morgan fingerprint density at radius 1 is 1.50 bits per heavy atom. The number of carbonyl (C=O) groups is 1. The first kappa shape index (κ1) is 16.7. The Labute approximate surface area is 146 Å². The van der Waals surface area contributed by atoms with Crippen LogP contribution in [0.5, 0.6) is 0 Å². The van der Waals surface area contributed by atoms with E-state index in [0.717, 1.165) is 18.7 Å². The summed E-state index contributed by atoms with van der Waals surface area (Å²) in [6, 6.07) is 4.45. The summed E-state index contributed by atoms with van der Waals surface area (Å²) in [7, 11) is 0. The molecule has 126 valence electrons. The Kier molecular flexibility index (Phi) is 4.72. The fourth-order valence-corrected chi connectivity index (χ4v) is 3.31. The van der Waals surface area contributed by atoms with Crippen LogP contribution < -0.4 is 5.32 Å². The van der Waals surface area contributed by atoms with Crippen molar-refractivity contribution in [2.45, 2.75) is 31.0 Å². The summed E-state index contributed by atoms with van der Waals surface area (Å²) in [6.07, 6.45) is 2.18. The Balaban J connectivity index is 1.66. The van der Waals surface area contributed by atoms with Crippen LogP contribution in [0.4, 0.5) is 11.4 Å². The molecule has 8 nitrogen and oxygen atoms in total. The standard InChI is InChI=1S/C14H14ClN5O3S/c1-8-17-18-14(19(8)10-3-4-10)24-7-13(21)16-11-6-9(15)2-5-12(11)20(22)23/h2,5-6,10H,3-4,7H2,1H3,(H,16,21). The highest BCUT2D eigenvalue weighted by Crippen LogP contribution is 2.38. The van der Waals surface area contributed by atoms with E-state index in [1.807, 2.05) is 11.5 Å². The van der Waals surface area contributed by atoms with Gasteiger partial charge in [-0.25, -0.2) is 0 Å². The van der Waals surface area contributed by atoms with E-state index in [0.29, 0.717) is 16.2 Å². The van der Waals surface area contributed by atoms with Gasteiger partial charge in [-0.2, -0.15) is 0 Å². The molecular weight excluding hydrogens is 354 g/mol. The van der Waals surface area contributed by atoms with Crippen molar-refractivity contribution in [1.29, 1.82) is 0 Å². The van der Waals surface area contributed by atoms with E-state index in [1.165, 1.54) is 30.0 Å². The van der Waals surface area contributed by atoms with E-state index in [9.17, 15) is 14.9 Å². The molecule has 0 atom stereocenters. The molecule has 0 bridgehead atoms. The SMILES string of the molecule is Cc1nnc(SCC(=O)Nc2cc(Cl)ccc2[N+](=O)[O-])n1C1CC1. The monoisotopic (exact) mass is 367 g/mol. The summed E-state index contributed by atoms with van der Waals surface area (Å²) in [6.45, 7) is 1.88. The van der Waals surface area contributed by atoms with Gasteiger partial charge in [0.15, 0.2) is 5.16 Å². The van der Waals surface area contributed by atoms with Crippen molar-refractivity contribution in [1.82, 2.24) is 14.8 Å². The maximum Gasteiger partial charge on any atom is 0.292 e. The first-order valence-corrected chi connectivity index (χ1v) is 8.60. The van der Waals surface area contributed by atoms with Crippen LogP contribution in [0.15, 0.2) is 23.4 Å². The summed E-state index contributed by atoms with van der Waals surface area (Å²) < 4.78 is 2.03. The Hall–Kier alpha value is -2.13. The van der Waals surface area contributed by atoms with Gasteiger partial charge in [-0.15, -0.1) is 10.2 Å². The molecule has 1 amide bonds. The second-order valence-corrected chi connectivity index (χ2v) is 6.77. The fourth-order valence-electron chi connectivity index (χ4n) is 2.29. The van der Waals surface area contributed by atoms with Gasteiger partial charge in [0.25, 0.3) is 5.69 Å². The van der Waals surface area contributed by atoms with Gasteiger partial charge in [0, 0.05) is 17.1 Å². The molecule has 0 spiro atoms. The van der Waals surface area contributed by atoms with E-state index in [1.54, 1.807) is 0 Å². The number of aromatic nitrogens is 3. The van der Waals surface area contributed by atoms with Crippen molar-refractivity contribution < 1.29 is 9.72 Å². The minimum atomic E-state index is -0.563. The molecule has 1 fully saturated rings. The molecular formula is C14H14ClN5O3S. The minimum absolute atomic E-state index is 0.0779. The van der Waals surface area contributed by atoms with E-state index in [-0.39, 0.29) is 23.0 Å². The lowest BCUT2D eigenvalue weighted by Gasteiger charge is -2.08. The number of thioether (sulfide) groups is 1. The lowest BCUT2D eigenvalue weighted by atomic mass is 10.2. The number of nitrogens with zero attached hydrogens (tertiary/aromatic N) is 4. The van der Waals surface area contributed by atoms with E-state index >= 15 is 0 Å². The van der Waals surface area contributed by atoms with Gasteiger partial charge in [-0.1, -0.05) is 23.4 Å². The normalized spacial score (nSPS) is 13.8. The summed E-state index contributed by atoms with van der Waals surface area (Å²) in [5.74, 6) is 0.536. The lowest BCUT2D eigenvalue weighted by molar-refractivity contribution is -0.383. The topological polar surface area (TPSA) is 103 Å². The second kappa shape index (κ2) is 6.78. The number of hydrogen-bond donors (Lipinski definition) is 1.